The van der Waals surface area contributed by atoms with Crippen LogP contribution in [0.4, 0.5) is 11.5 Å². The summed E-state index contributed by atoms with van der Waals surface area (Å²) in [4.78, 5) is 64.8. The van der Waals surface area contributed by atoms with Crippen molar-refractivity contribution in [1.29, 1.82) is 0 Å². The third kappa shape index (κ3) is 10.3. The highest BCUT2D eigenvalue weighted by Gasteiger charge is 2.44. The smallest absolute Gasteiger partial charge is 0.246 e. The van der Waals surface area contributed by atoms with E-state index in [1.54, 1.807) is 40.5 Å². The number of nitrogens with zero attached hydrogens (tertiary/aromatic N) is 6. The summed E-state index contributed by atoms with van der Waals surface area (Å²) in [6.45, 7) is 11.5. The number of aromatic nitrogens is 3. The van der Waals surface area contributed by atoms with Gasteiger partial charge in [0, 0.05) is 57.5 Å². The average Bonchev–Trinajstić information content (AvgIpc) is 3.83. The number of thiazole rings is 1. The third-order valence-electron chi connectivity index (χ3n) is 11.1. The van der Waals surface area contributed by atoms with Crippen molar-refractivity contribution >= 4 is 46.5 Å². The maximum atomic E-state index is 14.1. The van der Waals surface area contributed by atoms with Crippen LogP contribution >= 0.6 is 11.3 Å². The molecule has 2 aromatic heterocycles. The van der Waals surface area contributed by atoms with Crippen molar-refractivity contribution in [2.75, 3.05) is 43.4 Å². The first-order valence-corrected chi connectivity index (χ1v) is 21.0. The third-order valence-corrected chi connectivity index (χ3v) is 12.0. The maximum absolute atomic E-state index is 14.1. The second kappa shape index (κ2) is 18.5. The Balaban J connectivity index is 0.967. The highest BCUT2D eigenvalue weighted by atomic mass is 32.1. The number of phenolic OH excluding ortho intramolecular Hbond substituents is 1. The van der Waals surface area contributed by atoms with E-state index >= 15 is 0 Å². The zero-order valence-electron chi connectivity index (χ0n) is 34.4. The molecule has 6 N–H and O–H groups in total. The number of aliphatic hydroxyl groups excluding tert-OH is 1. The monoisotopic (exact) mass is 825 g/mol. The molecule has 16 heteroatoms. The molecule has 2 aromatic carbocycles. The zero-order valence-corrected chi connectivity index (χ0v) is 35.2. The molecule has 2 aliphatic heterocycles. The van der Waals surface area contributed by atoms with Gasteiger partial charge in [-0.2, -0.15) is 0 Å². The SMILES string of the molecule is Cc1ncsc1-c1ccc([C@H](C)NC(=O)[C@@H]2C[C@@H](O)CN2C(=O)[C@@H](NC(=O)CCCCC(=O)N2CCN(c3cc(-c4ccccc4O)nnc3N)CC2)C(C)(C)C)cc1. The molecule has 0 radical (unpaired) electrons. The quantitative estimate of drug-likeness (QED) is 0.119. The van der Waals surface area contributed by atoms with Crippen LogP contribution in [0.2, 0.25) is 0 Å². The number of aryl methyl sites for hydroxylation is 1. The van der Waals surface area contributed by atoms with Crippen molar-refractivity contribution in [1.82, 2.24) is 35.6 Å². The predicted octanol–water partition coefficient (Wildman–Crippen LogP) is 4.44. The van der Waals surface area contributed by atoms with E-state index in [-0.39, 0.29) is 61.1 Å². The van der Waals surface area contributed by atoms with E-state index in [4.69, 9.17) is 5.73 Å². The molecule has 4 amide bonds. The number of para-hydroxylation sites is 1. The summed E-state index contributed by atoms with van der Waals surface area (Å²) in [5.74, 6) is -0.751. The molecule has 4 heterocycles. The fourth-order valence-electron chi connectivity index (χ4n) is 7.63. The number of anilines is 2. The first-order chi connectivity index (χ1) is 28.1. The number of carbonyl (C=O) groups excluding carboxylic acids is 4. The van der Waals surface area contributed by atoms with Gasteiger partial charge in [-0.3, -0.25) is 19.2 Å². The maximum Gasteiger partial charge on any atom is 0.246 e. The van der Waals surface area contributed by atoms with Crippen LogP contribution in [0.3, 0.4) is 0 Å². The number of unbranched alkanes of at least 4 members (excludes halogenated alkanes) is 1. The van der Waals surface area contributed by atoms with Gasteiger partial charge in [0.25, 0.3) is 0 Å². The van der Waals surface area contributed by atoms with Crippen LogP contribution < -0.4 is 21.3 Å². The van der Waals surface area contributed by atoms with Crippen molar-refractivity contribution in [2.24, 2.45) is 5.41 Å². The number of aliphatic hydroxyl groups is 1. The van der Waals surface area contributed by atoms with Gasteiger partial charge < -0.3 is 41.3 Å². The Morgan fingerprint density at radius 2 is 1.66 bits per heavy atom. The van der Waals surface area contributed by atoms with Crippen LogP contribution in [0.1, 0.15) is 77.1 Å². The molecule has 4 aromatic rings. The molecule has 59 heavy (non-hydrogen) atoms. The van der Waals surface area contributed by atoms with Gasteiger partial charge in [0.2, 0.25) is 23.6 Å². The van der Waals surface area contributed by atoms with E-state index in [1.807, 2.05) is 70.5 Å². The molecule has 2 aliphatic rings. The van der Waals surface area contributed by atoms with Gasteiger partial charge in [-0.15, -0.1) is 21.5 Å². The lowest BCUT2D eigenvalue weighted by Crippen LogP contribution is -2.57. The number of nitrogens with one attached hydrogen (secondary N) is 2. The molecule has 6 rings (SSSR count). The van der Waals surface area contributed by atoms with Crippen LogP contribution in [-0.4, -0.2) is 110 Å². The van der Waals surface area contributed by atoms with E-state index in [0.717, 1.165) is 21.7 Å². The Morgan fingerprint density at radius 1 is 0.966 bits per heavy atom. The number of hydrogen-bond acceptors (Lipinski definition) is 12. The van der Waals surface area contributed by atoms with Crippen LogP contribution in [0, 0.1) is 12.3 Å². The first-order valence-electron chi connectivity index (χ1n) is 20.1. The number of phenols is 1. The van der Waals surface area contributed by atoms with Crippen LogP contribution in [0.5, 0.6) is 5.75 Å². The summed E-state index contributed by atoms with van der Waals surface area (Å²) in [6.07, 6.45) is 0.572. The van der Waals surface area contributed by atoms with E-state index < -0.39 is 29.5 Å². The highest BCUT2D eigenvalue weighted by molar-refractivity contribution is 7.13. The van der Waals surface area contributed by atoms with Gasteiger partial charge >= 0.3 is 0 Å². The van der Waals surface area contributed by atoms with Crippen LogP contribution in [0.25, 0.3) is 21.7 Å². The molecular weight excluding hydrogens is 771 g/mol. The standard InChI is InChI=1S/C43H55N9O6S/c1-26(28-14-16-29(17-15-28)38-27(2)45-25-59-38)46-41(57)34-22-30(53)24-52(34)42(58)39(43(3,4)5)47-36(55)12-8-9-13-37(56)51-20-18-50(19-21-51)33-23-32(48-49-40(33)44)31-10-6-7-11-35(31)54/h6-7,10-11,14-17,23,25-26,30,34,39,53-54H,8-9,12-13,18-22,24H2,1-5H3,(H2,44,49)(H,46,57)(H,47,55)/t26-,30+,34-,39+/m0/s1. The summed E-state index contributed by atoms with van der Waals surface area (Å²) < 4.78 is 0. The molecule has 0 aliphatic carbocycles. The van der Waals surface area contributed by atoms with Crippen LogP contribution in [-0.2, 0) is 19.2 Å². The molecular formula is C43H55N9O6S. The molecule has 15 nitrogen and oxygen atoms in total. The van der Waals surface area contributed by atoms with Crippen molar-refractivity contribution in [3.8, 4) is 27.4 Å². The minimum Gasteiger partial charge on any atom is -0.507 e. The molecule has 0 bridgehead atoms. The normalized spacial score (nSPS) is 18.0. The zero-order chi connectivity index (χ0) is 42.4. The van der Waals surface area contributed by atoms with E-state index in [2.05, 4.69) is 30.7 Å². The van der Waals surface area contributed by atoms with E-state index in [0.29, 0.717) is 56.0 Å². The van der Waals surface area contributed by atoms with Crippen molar-refractivity contribution in [2.45, 2.75) is 91.0 Å². The Morgan fingerprint density at radius 3 is 2.32 bits per heavy atom. The number of benzene rings is 2. The van der Waals surface area contributed by atoms with Gasteiger partial charge in [0.1, 0.15) is 17.8 Å². The molecule has 0 spiro atoms. The lowest BCUT2D eigenvalue weighted by molar-refractivity contribution is -0.144. The van der Waals surface area contributed by atoms with E-state index in [1.165, 1.54) is 4.90 Å². The number of likely N-dealkylation sites (tertiary alicyclic amines) is 1. The first kappa shape index (κ1) is 43.0. The van der Waals surface area contributed by atoms with Gasteiger partial charge in [0.05, 0.1) is 39.6 Å². The number of carbonyl (C=O) groups is 4. The summed E-state index contributed by atoms with van der Waals surface area (Å²) >= 11 is 1.57. The summed E-state index contributed by atoms with van der Waals surface area (Å²) in [6, 6.07) is 14.4. The number of nitrogen functional groups attached to an aromatic ring is 1. The second-order valence-corrected chi connectivity index (χ2v) is 17.3. The molecule has 0 unspecified atom stereocenters. The van der Waals surface area contributed by atoms with E-state index in [9.17, 15) is 29.4 Å². The fraction of sp³-hybridized carbons (Fsp3) is 0.465. The fourth-order valence-corrected chi connectivity index (χ4v) is 8.44. The number of nitrogens with two attached hydrogens (primary N) is 1. The van der Waals surface area contributed by atoms with Crippen LogP contribution in [0.15, 0.2) is 60.1 Å². The molecule has 314 valence electrons. The number of aromatic hydroxyl groups is 1. The number of amides is 4. The van der Waals surface area contributed by atoms with Gasteiger partial charge in [-0.25, -0.2) is 4.98 Å². The number of β-amino-alcohol motifs (C(OH)–C–C–N with tert-alkyl or cyclic N) is 1. The number of hydrogen-bond donors (Lipinski definition) is 5. The molecule has 2 fully saturated rings. The van der Waals surface area contributed by atoms with Crippen molar-refractivity contribution in [3.05, 3.63) is 71.4 Å². The number of rotatable bonds is 13. The predicted molar refractivity (Wildman–Crippen MR) is 227 cm³/mol. The Labute approximate surface area is 349 Å². The molecule has 2 saturated heterocycles. The van der Waals surface area contributed by atoms with Gasteiger partial charge in [-0.1, -0.05) is 57.2 Å². The summed E-state index contributed by atoms with van der Waals surface area (Å²) in [5.41, 5.74) is 12.0. The van der Waals surface area contributed by atoms with Gasteiger partial charge in [-0.05, 0) is 61.4 Å². The van der Waals surface area contributed by atoms with Crippen molar-refractivity contribution in [3.63, 3.8) is 0 Å². The Kier molecular flexibility index (Phi) is 13.5. The molecule has 4 atom stereocenters. The molecule has 0 saturated carbocycles. The largest absolute Gasteiger partial charge is 0.507 e. The Bertz CT molecular complexity index is 2130. The van der Waals surface area contributed by atoms with Gasteiger partial charge in [0.15, 0.2) is 5.82 Å². The Hall–Kier alpha value is -5.61. The second-order valence-electron chi connectivity index (χ2n) is 16.5. The lowest BCUT2D eigenvalue weighted by atomic mass is 9.85. The number of piperazine rings is 1. The highest BCUT2D eigenvalue weighted by Crippen LogP contribution is 2.33. The topological polar surface area (TPSA) is 207 Å². The summed E-state index contributed by atoms with van der Waals surface area (Å²) in [5, 5.41) is 35.1. The minimum atomic E-state index is -0.937. The minimum absolute atomic E-state index is 0.00205. The van der Waals surface area contributed by atoms with Crippen molar-refractivity contribution < 1.29 is 29.4 Å². The summed E-state index contributed by atoms with van der Waals surface area (Å²) in [7, 11) is 0. The lowest BCUT2D eigenvalue weighted by Gasteiger charge is -2.36. The average molecular weight is 826 g/mol.